The topological polar surface area (TPSA) is 36.3 Å². The van der Waals surface area contributed by atoms with Gasteiger partial charge in [-0.3, -0.25) is 0 Å². The number of nitrogens with zero attached hydrogens (tertiary/aromatic N) is 2. The number of imidazole rings is 1. The molecule has 1 aromatic heterocycles. The van der Waals surface area contributed by atoms with Crippen LogP contribution in [0.15, 0.2) is 18.2 Å². The van der Waals surface area contributed by atoms with Crippen LogP contribution in [0, 0.1) is 0 Å². The molecular formula is C14H17ClN2O2. The summed E-state index contributed by atoms with van der Waals surface area (Å²) in [5, 5.41) is 0. The largest absolute Gasteiger partial charge is 0.497 e. The number of aromatic nitrogens is 2. The lowest BCUT2D eigenvalue weighted by molar-refractivity contribution is 0.00675. The minimum Gasteiger partial charge on any atom is -0.497 e. The lowest BCUT2D eigenvalue weighted by Gasteiger charge is -2.36. The second-order valence-electron chi connectivity index (χ2n) is 4.87. The monoisotopic (exact) mass is 280 g/mol. The summed E-state index contributed by atoms with van der Waals surface area (Å²) in [6.45, 7) is 0. The van der Waals surface area contributed by atoms with E-state index >= 15 is 0 Å². The normalized spacial score (nSPS) is 22.5. The molecule has 1 aliphatic rings. The van der Waals surface area contributed by atoms with E-state index in [9.17, 15) is 0 Å². The van der Waals surface area contributed by atoms with Crippen LogP contribution in [0.5, 0.6) is 5.75 Å². The summed E-state index contributed by atoms with van der Waals surface area (Å²) in [6.07, 6.45) is 2.42. The number of ether oxygens (including phenoxy) is 2. The van der Waals surface area contributed by atoms with Gasteiger partial charge in [0.25, 0.3) is 0 Å². The summed E-state index contributed by atoms with van der Waals surface area (Å²) in [6, 6.07) is 6.41. The molecule has 0 unspecified atom stereocenters. The minimum absolute atomic E-state index is 0.365. The van der Waals surface area contributed by atoms with E-state index in [1.54, 1.807) is 14.2 Å². The Morgan fingerprint density at radius 1 is 1.37 bits per heavy atom. The van der Waals surface area contributed by atoms with Gasteiger partial charge in [-0.25, -0.2) is 4.98 Å². The predicted octanol–water partition coefficient (Wildman–Crippen LogP) is 3.13. The molecule has 1 saturated carbocycles. The van der Waals surface area contributed by atoms with E-state index in [0.29, 0.717) is 18.0 Å². The van der Waals surface area contributed by atoms with Crippen LogP contribution in [0.3, 0.4) is 0 Å². The van der Waals surface area contributed by atoms with E-state index in [-0.39, 0.29) is 0 Å². The van der Waals surface area contributed by atoms with Crippen molar-refractivity contribution in [3.8, 4) is 5.75 Å². The molecule has 5 heteroatoms. The van der Waals surface area contributed by atoms with Gasteiger partial charge in [0.1, 0.15) is 11.6 Å². The van der Waals surface area contributed by atoms with Crippen molar-refractivity contribution in [2.45, 2.75) is 30.9 Å². The first-order valence-corrected chi connectivity index (χ1v) is 6.94. The average molecular weight is 281 g/mol. The van der Waals surface area contributed by atoms with Gasteiger partial charge in [-0.1, -0.05) is 0 Å². The summed E-state index contributed by atoms with van der Waals surface area (Å²) < 4.78 is 12.8. The molecule has 3 rings (SSSR count). The SMILES string of the molecule is COc1ccc2c(c1)nc(CCl)n2C1CC(OC)C1. The van der Waals surface area contributed by atoms with E-state index in [4.69, 9.17) is 21.1 Å². The molecule has 1 aromatic carbocycles. The van der Waals surface area contributed by atoms with Crippen molar-refractivity contribution in [1.82, 2.24) is 9.55 Å². The van der Waals surface area contributed by atoms with Crippen LogP contribution in [-0.2, 0) is 10.6 Å². The Labute approximate surface area is 117 Å². The maximum Gasteiger partial charge on any atom is 0.125 e. The smallest absolute Gasteiger partial charge is 0.125 e. The fourth-order valence-electron chi connectivity index (χ4n) is 2.70. The van der Waals surface area contributed by atoms with Crippen molar-refractivity contribution < 1.29 is 9.47 Å². The van der Waals surface area contributed by atoms with Gasteiger partial charge >= 0.3 is 0 Å². The molecule has 19 heavy (non-hydrogen) atoms. The minimum atomic E-state index is 0.365. The highest BCUT2D eigenvalue weighted by Crippen LogP contribution is 2.38. The fourth-order valence-corrected chi connectivity index (χ4v) is 2.89. The number of benzene rings is 1. The number of halogens is 1. The van der Waals surface area contributed by atoms with E-state index in [1.165, 1.54) is 0 Å². The summed E-state index contributed by atoms with van der Waals surface area (Å²) in [7, 11) is 3.43. The van der Waals surface area contributed by atoms with E-state index in [0.717, 1.165) is 35.4 Å². The molecule has 2 aromatic rings. The molecule has 4 nitrogen and oxygen atoms in total. The van der Waals surface area contributed by atoms with Crippen LogP contribution >= 0.6 is 11.6 Å². The standard InChI is InChI=1S/C14H17ClN2O2/c1-18-10-3-4-13-12(7-10)16-14(8-15)17(13)9-5-11(6-9)19-2/h3-4,7,9,11H,5-6,8H2,1-2H3. The van der Waals surface area contributed by atoms with Gasteiger partial charge in [-0.2, -0.15) is 0 Å². The van der Waals surface area contributed by atoms with Crippen LogP contribution in [0.4, 0.5) is 0 Å². The number of alkyl halides is 1. The maximum absolute atomic E-state index is 6.03. The first kappa shape index (κ1) is 12.8. The van der Waals surface area contributed by atoms with Crippen LogP contribution in [0.1, 0.15) is 24.7 Å². The molecule has 1 fully saturated rings. The Kier molecular flexibility index (Phi) is 3.37. The van der Waals surface area contributed by atoms with Crippen LogP contribution in [0.25, 0.3) is 11.0 Å². The van der Waals surface area contributed by atoms with Crippen LogP contribution in [0.2, 0.25) is 0 Å². The fraction of sp³-hybridized carbons (Fsp3) is 0.500. The zero-order valence-corrected chi connectivity index (χ0v) is 11.9. The average Bonchev–Trinajstić information content (AvgIpc) is 2.75. The number of hydrogen-bond acceptors (Lipinski definition) is 3. The first-order valence-electron chi connectivity index (χ1n) is 6.40. The van der Waals surface area contributed by atoms with E-state index in [1.807, 2.05) is 12.1 Å². The molecule has 0 amide bonds. The first-order chi connectivity index (χ1) is 9.26. The Morgan fingerprint density at radius 3 is 2.79 bits per heavy atom. The highest BCUT2D eigenvalue weighted by Gasteiger charge is 2.32. The molecule has 0 N–H and O–H groups in total. The molecule has 102 valence electrons. The van der Waals surface area contributed by atoms with Crippen molar-refractivity contribution in [2.24, 2.45) is 0 Å². The quantitative estimate of drug-likeness (QED) is 0.807. The lowest BCUT2D eigenvalue weighted by Crippen LogP contribution is -2.33. The third kappa shape index (κ3) is 2.09. The zero-order valence-electron chi connectivity index (χ0n) is 11.1. The number of hydrogen-bond donors (Lipinski definition) is 0. The van der Waals surface area contributed by atoms with Crippen molar-refractivity contribution in [1.29, 1.82) is 0 Å². The third-order valence-electron chi connectivity index (χ3n) is 3.86. The van der Waals surface area contributed by atoms with Crippen molar-refractivity contribution >= 4 is 22.6 Å². The Balaban J connectivity index is 2.02. The highest BCUT2D eigenvalue weighted by molar-refractivity contribution is 6.16. The molecule has 1 heterocycles. The number of rotatable bonds is 4. The van der Waals surface area contributed by atoms with Gasteiger partial charge in [-0.05, 0) is 25.0 Å². The van der Waals surface area contributed by atoms with Gasteiger partial charge in [0, 0.05) is 19.2 Å². The summed E-state index contributed by atoms with van der Waals surface area (Å²) in [4.78, 5) is 4.60. The van der Waals surface area contributed by atoms with E-state index < -0.39 is 0 Å². The van der Waals surface area contributed by atoms with Gasteiger partial charge in [0.05, 0.1) is 30.1 Å². The highest BCUT2D eigenvalue weighted by atomic mass is 35.5. The summed E-state index contributed by atoms with van der Waals surface area (Å²) in [5.74, 6) is 2.16. The second-order valence-corrected chi connectivity index (χ2v) is 5.14. The van der Waals surface area contributed by atoms with Gasteiger partial charge in [0.15, 0.2) is 0 Å². The Bertz CT molecular complexity index is 590. The van der Waals surface area contributed by atoms with E-state index in [2.05, 4.69) is 15.6 Å². The molecule has 0 atom stereocenters. The molecule has 0 saturated heterocycles. The molecule has 0 aliphatic heterocycles. The zero-order chi connectivity index (χ0) is 13.4. The Hall–Kier alpha value is -1.26. The molecular weight excluding hydrogens is 264 g/mol. The third-order valence-corrected chi connectivity index (χ3v) is 4.10. The molecule has 0 radical (unpaired) electrons. The van der Waals surface area contributed by atoms with Gasteiger partial charge in [0.2, 0.25) is 0 Å². The summed E-state index contributed by atoms with van der Waals surface area (Å²) >= 11 is 6.03. The summed E-state index contributed by atoms with van der Waals surface area (Å²) in [5.41, 5.74) is 2.06. The van der Waals surface area contributed by atoms with Crippen molar-refractivity contribution in [3.63, 3.8) is 0 Å². The maximum atomic E-state index is 6.03. The van der Waals surface area contributed by atoms with Crippen LogP contribution in [-0.4, -0.2) is 29.9 Å². The van der Waals surface area contributed by atoms with Crippen molar-refractivity contribution in [3.05, 3.63) is 24.0 Å². The lowest BCUT2D eigenvalue weighted by atomic mass is 9.89. The van der Waals surface area contributed by atoms with Crippen molar-refractivity contribution in [2.75, 3.05) is 14.2 Å². The van der Waals surface area contributed by atoms with Gasteiger partial charge < -0.3 is 14.0 Å². The Morgan fingerprint density at radius 2 is 2.16 bits per heavy atom. The molecule has 1 aliphatic carbocycles. The van der Waals surface area contributed by atoms with Crippen LogP contribution < -0.4 is 4.74 Å². The second kappa shape index (κ2) is 5.02. The van der Waals surface area contributed by atoms with Gasteiger partial charge in [-0.15, -0.1) is 11.6 Å². The number of methoxy groups -OCH3 is 2. The number of fused-ring (bicyclic) bond motifs is 1. The molecule has 0 bridgehead atoms. The molecule has 0 spiro atoms. The predicted molar refractivity (Wildman–Crippen MR) is 74.9 cm³/mol.